The summed E-state index contributed by atoms with van der Waals surface area (Å²) in [7, 11) is 0. The van der Waals surface area contributed by atoms with Crippen LogP contribution in [0.2, 0.25) is 3.43 Å². The van der Waals surface area contributed by atoms with Crippen LogP contribution in [0.1, 0.15) is 39.3 Å². The van der Waals surface area contributed by atoms with Gasteiger partial charge in [0.1, 0.15) is 0 Å². The third-order valence-electron chi connectivity index (χ3n) is 2.93. The molecular formula is C15H20N2O2Sn. The van der Waals surface area contributed by atoms with Crippen molar-refractivity contribution >= 4 is 24.9 Å². The van der Waals surface area contributed by atoms with Crippen LogP contribution < -0.4 is 8.45 Å². The molecular weight excluding hydrogens is 359 g/mol. The van der Waals surface area contributed by atoms with Crippen LogP contribution in [-0.4, -0.2) is 45.4 Å². The second kappa shape index (κ2) is 6.77. The molecule has 106 valence electrons. The van der Waals surface area contributed by atoms with E-state index < -0.39 is 21.1 Å². The molecule has 0 atom stereocenters. The first-order valence-electron chi connectivity index (χ1n) is 6.92. The SMILES string of the molecule is C[C](C)(C)[Sn][c]1ccc(OC2CCOCC2)c(C#N)n1. The quantitative estimate of drug-likeness (QED) is 0.755. The molecule has 0 aromatic carbocycles. The van der Waals surface area contributed by atoms with E-state index in [9.17, 15) is 5.26 Å². The fraction of sp³-hybridized carbons (Fsp3) is 0.600. The van der Waals surface area contributed by atoms with Crippen LogP contribution in [0.4, 0.5) is 0 Å². The maximum absolute atomic E-state index is 9.27. The van der Waals surface area contributed by atoms with E-state index in [1.807, 2.05) is 12.1 Å². The Labute approximate surface area is 130 Å². The number of hydrogen-bond donors (Lipinski definition) is 0. The Bertz CT molecular complexity index is 500. The molecule has 2 radical (unpaired) electrons. The van der Waals surface area contributed by atoms with Gasteiger partial charge >= 0.3 is 131 Å². The molecule has 1 aliphatic heterocycles. The van der Waals surface area contributed by atoms with Crippen molar-refractivity contribution in [3.05, 3.63) is 17.8 Å². The Morgan fingerprint density at radius 3 is 2.65 bits per heavy atom. The zero-order chi connectivity index (χ0) is 14.6. The van der Waals surface area contributed by atoms with Crippen molar-refractivity contribution in [2.75, 3.05) is 13.2 Å². The van der Waals surface area contributed by atoms with E-state index in [1.54, 1.807) is 0 Å². The van der Waals surface area contributed by atoms with Gasteiger partial charge in [-0.25, -0.2) is 0 Å². The van der Waals surface area contributed by atoms with Gasteiger partial charge in [0.15, 0.2) is 0 Å². The number of nitriles is 1. The molecule has 2 heterocycles. The second-order valence-corrected chi connectivity index (χ2v) is 12.4. The normalized spacial score (nSPS) is 16.7. The average Bonchev–Trinajstić information content (AvgIpc) is 2.40. The summed E-state index contributed by atoms with van der Waals surface area (Å²) in [5.41, 5.74) is 0.430. The number of ether oxygens (including phenoxy) is 2. The Hall–Kier alpha value is -0.801. The van der Waals surface area contributed by atoms with Crippen molar-refractivity contribution in [2.45, 2.75) is 43.1 Å². The first-order chi connectivity index (χ1) is 9.48. The molecule has 1 aromatic heterocycles. The Morgan fingerprint density at radius 2 is 2.05 bits per heavy atom. The molecule has 0 unspecified atom stereocenters. The van der Waals surface area contributed by atoms with Crippen molar-refractivity contribution in [1.29, 1.82) is 5.26 Å². The molecule has 2 rings (SSSR count). The van der Waals surface area contributed by atoms with E-state index >= 15 is 0 Å². The van der Waals surface area contributed by atoms with Gasteiger partial charge in [0.2, 0.25) is 0 Å². The van der Waals surface area contributed by atoms with Gasteiger partial charge in [-0.3, -0.25) is 0 Å². The summed E-state index contributed by atoms with van der Waals surface area (Å²) < 4.78 is 12.7. The molecule has 0 aliphatic carbocycles. The third kappa shape index (κ3) is 4.64. The molecule has 1 aliphatic rings. The first kappa shape index (κ1) is 15.6. The predicted octanol–water partition coefficient (Wildman–Crippen LogP) is 2.06. The van der Waals surface area contributed by atoms with Crippen LogP contribution >= 0.6 is 0 Å². The van der Waals surface area contributed by atoms with E-state index in [0.717, 1.165) is 29.8 Å². The summed E-state index contributed by atoms with van der Waals surface area (Å²) in [6.45, 7) is 8.17. The van der Waals surface area contributed by atoms with Crippen molar-refractivity contribution in [3.8, 4) is 11.8 Å². The molecule has 1 saturated heterocycles. The number of hydrogen-bond acceptors (Lipinski definition) is 4. The molecule has 0 amide bonds. The van der Waals surface area contributed by atoms with Gasteiger partial charge in [0, 0.05) is 0 Å². The van der Waals surface area contributed by atoms with E-state index in [4.69, 9.17) is 9.47 Å². The van der Waals surface area contributed by atoms with Gasteiger partial charge in [-0.15, -0.1) is 0 Å². The molecule has 1 fully saturated rings. The van der Waals surface area contributed by atoms with Crippen LogP contribution in [-0.2, 0) is 4.74 Å². The van der Waals surface area contributed by atoms with Crippen LogP contribution in [0.5, 0.6) is 5.75 Å². The molecule has 0 N–H and O–H groups in total. The maximum atomic E-state index is 9.27. The minimum absolute atomic E-state index is 0.145. The third-order valence-corrected chi connectivity index (χ3v) is 6.60. The second-order valence-electron chi connectivity index (χ2n) is 5.96. The number of nitrogens with zero attached hydrogens (tertiary/aromatic N) is 2. The zero-order valence-corrected chi connectivity index (χ0v) is 15.1. The molecule has 0 saturated carbocycles. The number of aromatic nitrogens is 1. The fourth-order valence-corrected chi connectivity index (χ4v) is 5.20. The Kier molecular flexibility index (Phi) is 5.28. The summed E-state index contributed by atoms with van der Waals surface area (Å²) in [4.78, 5) is 4.50. The van der Waals surface area contributed by atoms with Crippen LogP contribution in [0.15, 0.2) is 12.1 Å². The minimum atomic E-state index is -0.787. The molecule has 20 heavy (non-hydrogen) atoms. The fourth-order valence-electron chi connectivity index (χ4n) is 2.05. The number of pyridine rings is 1. The van der Waals surface area contributed by atoms with E-state index in [2.05, 4.69) is 31.8 Å². The average molecular weight is 379 g/mol. The van der Waals surface area contributed by atoms with Gasteiger partial charge in [-0.1, -0.05) is 0 Å². The standard InChI is InChI=1S/C11H11N2O2.C4H9.Sn/c12-8-10-11(2-1-5-13-10)15-9-3-6-14-7-4-9;1-4(2)3;/h1-2,9H,3-4,6-7H2;1-3H3;. The summed E-state index contributed by atoms with van der Waals surface area (Å²) in [6, 6.07) is 6.13. The molecule has 0 bridgehead atoms. The van der Waals surface area contributed by atoms with Crippen LogP contribution in [0, 0.1) is 11.3 Å². The predicted molar refractivity (Wildman–Crippen MR) is 78.5 cm³/mol. The number of rotatable bonds is 3. The Balaban J connectivity index is 2.11. The van der Waals surface area contributed by atoms with E-state index in [-0.39, 0.29) is 6.10 Å². The van der Waals surface area contributed by atoms with Crippen molar-refractivity contribution in [3.63, 3.8) is 0 Å². The molecule has 0 spiro atoms. The van der Waals surface area contributed by atoms with Crippen molar-refractivity contribution in [2.24, 2.45) is 0 Å². The van der Waals surface area contributed by atoms with Crippen LogP contribution in [0.3, 0.4) is 0 Å². The summed E-state index contributed by atoms with van der Waals surface area (Å²) in [5, 5.41) is 9.27. The summed E-state index contributed by atoms with van der Waals surface area (Å²) in [6.07, 6.45) is 1.91. The summed E-state index contributed by atoms with van der Waals surface area (Å²) in [5.74, 6) is 0.622. The van der Waals surface area contributed by atoms with Gasteiger partial charge in [-0.05, 0) is 0 Å². The Morgan fingerprint density at radius 1 is 1.35 bits per heavy atom. The monoisotopic (exact) mass is 380 g/mol. The van der Waals surface area contributed by atoms with Crippen LogP contribution in [0.25, 0.3) is 0 Å². The molecule has 4 nitrogen and oxygen atoms in total. The van der Waals surface area contributed by atoms with Gasteiger partial charge < -0.3 is 0 Å². The molecule has 1 aromatic rings. The summed E-state index contributed by atoms with van der Waals surface area (Å²) >= 11 is -0.787. The molecule has 5 heteroatoms. The van der Waals surface area contributed by atoms with E-state index in [1.165, 1.54) is 0 Å². The van der Waals surface area contributed by atoms with Gasteiger partial charge in [0.05, 0.1) is 0 Å². The van der Waals surface area contributed by atoms with Crippen molar-refractivity contribution in [1.82, 2.24) is 4.98 Å². The van der Waals surface area contributed by atoms with Gasteiger partial charge in [-0.2, -0.15) is 0 Å². The van der Waals surface area contributed by atoms with Crippen molar-refractivity contribution < 1.29 is 9.47 Å². The van der Waals surface area contributed by atoms with E-state index in [0.29, 0.717) is 14.9 Å². The first-order valence-corrected chi connectivity index (χ1v) is 9.77. The topological polar surface area (TPSA) is 55.1 Å². The van der Waals surface area contributed by atoms with Gasteiger partial charge in [0.25, 0.3) is 0 Å². The zero-order valence-electron chi connectivity index (χ0n) is 12.3.